The van der Waals surface area contributed by atoms with Crippen LogP contribution < -0.4 is 0 Å². The number of hydrogen-bond donors (Lipinski definition) is 2. The van der Waals surface area contributed by atoms with E-state index in [4.69, 9.17) is 4.43 Å². The molecule has 0 aromatic rings. The predicted molar refractivity (Wildman–Crippen MR) is 140 cm³/mol. The van der Waals surface area contributed by atoms with Crippen LogP contribution in [0, 0.1) is 52.3 Å². The molecule has 0 aromatic carbocycles. The van der Waals surface area contributed by atoms with E-state index in [2.05, 4.69) is 47.3 Å². The number of aliphatic hydroxyl groups excluding tert-OH is 1. The first-order chi connectivity index (χ1) is 15.8. The van der Waals surface area contributed by atoms with Crippen LogP contribution in [0.25, 0.3) is 0 Å². The van der Waals surface area contributed by atoms with E-state index < -0.39 is 14.3 Å². The Balaban J connectivity index is 1.58. The number of hydrogen-bond acceptors (Lipinski definition) is 3. The molecule has 4 saturated carbocycles. The van der Waals surface area contributed by atoms with Gasteiger partial charge in [-0.3, -0.25) is 4.79 Å². The lowest BCUT2D eigenvalue weighted by atomic mass is 9.41. The minimum atomic E-state index is -1.57. The van der Waals surface area contributed by atoms with Gasteiger partial charge in [0.15, 0.2) is 8.32 Å². The number of carbonyl (C=O) groups is 1. The summed E-state index contributed by atoms with van der Waals surface area (Å²) in [7, 11) is -1.57. The lowest BCUT2D eigenvalue weighted by molar-refractivity contribution is -0.202. The summed E-state index contributed by atoms with van der Waals surface area (Å²) < 4.78 is 6.62. The molecule has 4 aliphatic rings. The summed E-state index contributed by atoms with van der Waals surface area (Å²) in [6.45, 7) is 16.6. The first kappa shape index (κ1) is 26.7. The summed E-state index contributed by atoms with van der Waals surface area (Å²) in [6.07, 6.45) is 10.8. The number of aliphatic carboxylic acids is 1. The fourth-order valence-electron chi connectivity index (χ4n) is 10.1. The lowest BCUT2D eigenvalue weighted by Gasteiger charge is -2.65. The molecule has 4 rings (SSSR count). The Morgan fingerprint density at radius 2 is 1.68 bits per heavy atom. The van der Waals surface area contributed by atoms with E-state index in [1.54, 1.807) is 0 Å². The van der Waals surface area contributed by atoms with Crippen molar-refractivity contribution in [1.29, 1.82) is 0 Å². The average molecular weight is 493 g/mol. The fourth-order valence-corrected chi connectivity index (χ4v) is 11.3. The van der Waals surface area contributed by atoms with E-state index >= 15 is 0 Å². The highest BCUT2D eigenvalue weighted by Gasteiger charge is 2.65. The second-order valence-corrected chi connectivity index (χ2v) is 18.7. The molecule has 0 aromatic heterocycles. The highest BCUT2D eigenvalue weighted by atomic mass is 28.4. The van der Waals surface area contributed by atoms with E-state index in [-0.39, 0.29) is 17.9 Å². The topological polar surface area (TPSA) is 66.8 Å². The Kier molecular flexibility index (Phi) is 7.44. The van der Waals surface area contributed by atoms with Crippen molar-refractivity contribution in [2.75, 3.05) is 0 Å². The summed E-state index contributed by atoms with van der Waals surface area (Å²) >= 11 is 0. The second kappa shape index (κ2) is 9.48. The third kappa shape index (κ3) is 4.56. The van der Waals surface area contributed by atoms with Crippen LogP contribution in [0.3, 0.4) is 0 Å². The monoisotopic (exact) mass is 492 g/mol. The molecule has 0 aliphatic heterocycles. The van der Waals surface area contributed by atoms with Crippen LogP contribution in [0.1, 0.15) is 91.9 Å². The van der Waals surface area contributed by atoms with Gasteiger partial charge in [-0.15, -0.1) is 0 Å². The van der Waals surface area contributed by atoms with Gasteiger partial charge in [-0.2, -0.15) is 0 Å². The predicted octanol–water partition coefficient (Wildman–Crippen LogP) is 6.97. The summed E-state index contributed by atoms with van der Waals surface area (Å²) in [5, 5.41) is 21.2. The Labute approximate surface area is 209 Å². The van der Waals surface area contributed by atoms with Crippen LogP contribution in [0.15, 0.2) is 0 Å². The van der Waals surface area contributed by atoms with Gasteiger partial charge in [0.1, 0.15) is 0 Å². The average Bonchev–Trinajstić information content (AvgIpc) is 3.09. The molecule has 5 unspecified atom stereocenters. The van der Waals surface area contributed by atoms with Crippen molar-refractivity contribution < 1.29 is 19.4 Å². The van der Waals surface area contributed by atoms with Gasteiger partial charge >= 0.3 is 5.97 Å². The Morgan fingerprint density at radius 1 is 1.03 bits per heavy atom. The third-order valence-corrected chi connectivity index (χ3v) is 12.5. The van der Waals surface area contributed by atoms with Gasteiger partial charge in [-0.25, -0.2) is 0 Å². The zero-order chi connectivity index (χ0) is 25.1. The van der Waals surface area contributed by atoms with Crippen molar-refractivity contribution >= 4 is 14.3 Å². The first-order valence-corrected chi connectivity index (χ1v) is 17.8. The smallest absolute Gasteiger partial charge is 0.303 e. The van der Waals surface area contributed by atoms with Gasteiger partial charge in [0.25, 0.3) is 0 Å². The molecule has 0 heterocycles. The highest BCUT2D eigenvalue weighted by molar-refractivity contribution is 6.69. The molecule has 196 valence electrons. The van der Waals surface area contributed by atoms with Gasteiger partial charge in [0.2, 0.25) is 0 Å². The molecule has 0 radical (unpaired) electrons. The van der Waals surface area contributed by atoms with Crippen molar-refractivity contribution in [2.24, 2.45) is 52.3 Å². The Morgan fingerprint density at radius 3 is 2.29 bits per heavy atom. The lowest BCUT2D eigenvalue weighted by Crippen LogP contribution is -2.62. The fraction of sp³-hybridized carbons (Fsp3) is 0.966. The molecule has 11 atom stereocenters. The summed E-state index contributed by atoms with van der Waals surface area (Å²) in [6, 6.07) is 0. The van der Waals surface area contributed by atoms with E-state index in [1.165, 1.54) is 38.5 Å². The van der Waals surface area contributed by atoms with Crippen LogP contribution in [-0.2, 0) is 9.22 Å². The standard InChI is InChI=1S/C29H52O4Si/c1-8-20-24-17-19(33-34(5,6)7)13-15-29(24,4)23-14-16-28(3)21(18(2)9-12-25(30)31)10-11-22(28)26(23)27(20)32/h18-24,26-27,32H,8-17H2,1-7H3,(H,30,31)/t18-,19-,20-,21?,22+,23+,24?,26?,27-,28?,29?/m1/s1. The van der Waals surface area contributed by atoms with E-state index in [0.29, 0.717) is 52.9 Å². The number of fused-ring (bicyclic) bond motifs is 5. The maximum Gasteiger partial charge on any atom is 0.303 e. The normalized spacial score (nSPS) is 47.4. The van der Waals surface area contributed by atoms with Gasteiger partial charge in [-0.05, 0) is 123 Å². The quantitative estimate of drug-likeness (QED) is 0.376. The van der Waals surface area contributed by atoms with Gasteiger partial charge in [0, 0.05) is 12.5 Å². The number of carboxylic acid groups (broad SMARTS) is 1. The molecule has 4 nitrogen and oxygen atoms in total. The number of rotatable bonds is 7. The molecule has 2 N–H and O–H groups in total. The number of aliphatic hydroxyl groups is 1. The highest BCUT2D eigenvalue weighted by Crippen LogP contribution is 2.69. The van der Waals surface area contributed by atoms with Crippen LogP contribution >= 0.6 is 0 Å². The van der Waals surface area contributed by atoms with Crippen LogP contribution in [0.5, 0.6) is 0 Å². The van der Waals surface area contributed by atoms with Crippen molar-refractivity contribution in [1.82, 2.24) is 0 Å². The molecule has 4 aliphatic carbocycles. The summed E-state index contributed by atoms with van der Waals surface area (Å²) in [5.74, 6) is 2.94. The summed E-state index contributed by atoms with van der Waals surface area (Å²) in [4.78, 5) is 11.2. The molecule has 0 bridgehead atoms. The zero-order valence-corrected chi connectivity index (χ0v) is 24.0. The zero-order valence-electron chi connectivity index (χ0n) is 23.0. The molecule has 0 spiro atoms. The van der Waals surface area contributed by atoms with Crippen LogP contribution in [0.4, 0.5) is 0 Å². The molecule has 4 fully saturated rings. The second-order valence-electron chi connectivity index (χ2n) is 14.2. The minimum absolute atomic E-state index is 0.198. The Bertz CT molecular complexity index is 749. The van der Waals surface area contributed by atoms with Crippen molar-refractivity contribution in [3.05, 3.63) is 0 Å². The van der Waals surface area contributed by atoms with Crippen molar-refractivity contribution in [2.45, 2.75) is 124 Å². The molecule has 0 amide bonds. The molecular formula is C29H52O4Si. The Hall–Kier alpha value is -0.393. The maximum atomic E-state index is 12.0. The maximum absolute atomic E-state index is 12.0. The van der Waals surface area contributed by atoms with Crippen LogP contribution in [-0.4, -0.2) is 36.7 Å². The van der Waals surface area contributed by atoms with Gasteiger partial charge in [-0.1, -0.05) is 34.1 Å². The number of carboxylic acids is 1. The SMILES string of the molecule is CC[C@@H]1C2C[C@H](O[Si](C)(C)C)CCC2(C)[C@H]2CCC3(C)C([C@H](C)CCC(=O)O)CC[C@H]3C2[C@@H]1O. The van der Waals surface area contributed by atoms with E-state index in [9.17, 15) is 15.0 Å². The minimum Gasteiger partial charge on any atom is -0.481 e. The van der Waals surface area contributed by atoms with Crippen molar-refractivity contribution in [3.63, 3.8) is 0 Å². The van der Waals surface area contributed by atoms with Gasteiger partial charge < -0.3 is 14.6 Å². The van der Waals surface area contributed by atoms with Gasteiger partial charge in [0.05, 0.1) is 6.10 Å². The van der Waals surface area contributed by atoms with Crippen LogP contribution in [0.2, 0.25) is 19.6 Å². The third-order valence-electron chi connectivity index (χ3n) is 11.5. The van der Waals surface area contributed by atoms with E-state index in [1.807, 2.05) is 0 Å². The molecular weight excluding hydrogens is 440 g/mol. The summed E-state index contributed by atoms with van der Waals surface area (Å²) in [5.41, 5.74) is 0.567. The molecule has 34 heavy (non-hydrogen) atoms. The molecule has 5 heteroatoms. The first-order valence-electron chi connectivity index (χ1n) is 14.4. The largest absolute Gasteiger partial charge is 0.481 e. The van der Waals surface area contributed by atoms with E-state index in [0.717, 1.165) is 19.3 Å². The molecule has 0 saturated heterocycles. The van der Waals surface area contributed by atoms with Crippen molar-refractivity contribution in [3.8, 4) is 0 Å².